The van der Waals surface area contributed by atoms with Crippen molar-refractivity contribution in [1.82, 2.24) is 10.3 Å². The highest BCUT2D eigenvalue weighted by Crippen LogP contribution is 2.17. The number of rotatable bonds is 3. The first-order valence-electron chi connectivity index (χ1n) is 6.75. The fraction of sp³-hybridized carbons (Fsp3) is 0.571. The summed E-state index contributed by atoms with van der Waals surface area (Å²) in [5, 5.41) is 3.12. The maximum atomic E-state index is 12.1. The summed E-state index contributed by atoms with van der Waals surface area (Å²) in [7, 11) is 0. The predicted octanol–water partition coefficient (Wildman–Crippen LogP) is 2.41. The summed E-state index contributed by atoms with van der Waals surface area (Å²) < 4.78 is 0. The molecule has 1 aliphatic carbocycles. The van der Waals surface area contributed by atoms with E-state index in [1.807, 2.05) is 0 Å². The molecular weight excluding hydrogens is 262 g/mol. The number of hydrogen-bond acceptors (Lipinski definition) is 3. The largest absolute Gasteiger partial charge is 0.349 e. The van der Waals surface area contributed by atoms with Crippen LogP contribution in [0.4, 0.5) is 0 Å². The van der Waals surface area contributed by atoms with Crippen LogP contribution in [0.3, 0.4) is 0 Å². The molecule has 1 amide bonds. The Labute approximate surface area is 120 Å². The molecule has 1 aliphatic rings. The van der Waals surface area contributed by atoms with Gasteiger partial charge < -0.3 is 11.1 Å². The second-order valence-corrected chi connectivity index (χ2v) is 4.90. The molecule has 1 heterocycles. The van der Waals surface area contributed by atoms with Gasteiger partial charge in [0, 0.05) is 24.3 Å². The fourth-order valence-electron chi connectivity index (χ4n) is 2.42. The number of carbonyl (C=O) groups is 1. The number of amides is 1. The number of halogens is 1. The highest BCUT2D eigenvalue weighted by atomic mass is 35.5. The Hall–Kier alpha value is -1.13. The number of hydrogen-bond donors (Lipinski definition) is 2. The normalized spacial score (nSPS) is 16.3. The van der Waals surface area contributed by atoms with Crippen LogP contribution in [0.15, 0.2) is 18.3 Å². The molecule has 2 rings (SSSR count). The third kappa shape index (κ3) is 4.80. The van der Waals surface area contributed by atoms with E-state index < -0.39 is 0 Å². The van der Waals surface area contributed by atoms with Crippen molar-refractivity contribution >= 4 is 18.3 Å². The number of aromatic nitrogens is 1. The van der Waals surface area contributed by atoms with Crippen molar-refractivity contribution < 1.29 is 4.79 Å². The van der Waals surface area contributed by atoms with E-state index in [1.54, 1.807) is 18.3 Å². The topological polar surface area (TPSA) is 68.0 Å². The lowest BCUT2D eigenvalue weighted by Crippen LogP contribution is -2.34. The summed E-state index contributed by atoms with van der Waals surface area (Å²) in [5.41, 5.74) is 6.94. The van der Waals surface area contributed by atoms with Crippen molar-refractivity contribution in [2.45, 2.75) is 51.1 Å². The van der Waals surface area contributed by atoms with Gasteiger partial charge in [-0.1, -0.05) is 25.7 Å². The molecule has 1 fully saturated rings. The van der Waals surface area contributed by atoms with Crippen molar-refractivity contribution in [2.24, 2.45) is 5.73 Å². The van der Waals surface area contributed by atoms with Crippen LogP contribution in [-0.2, 0) is 6.54 Å². The maximum absolute atomic E-state index is 12.1. The molecule has 0 bridgehead atoms. The van der Waals surface area contributed by atoms with Crippen LogP contribution in [0, 0.1) is 0 Å². The van der Waals surface area contributed by atoms with Crippen LogP contribution in [0.1, 0.15) is 54.6 Å². The molecule has 4 nitrogen and oxygen atoms in total. The molecule has 1 aromatic heterocycles. The second kappa shape index (κ2) is 8.12. The average Bonchev–Trinajstić information content (AvgIpc) is 2.67. The smallest absolute Gasteiger partial charge is 0.251 e. The molecule has 3 N–H and O–H groups in total. The molecule has 5 heteroatoms. The maximum Gasteiger partial charge on any atom is 0.251 e. The van der Waals surface area contributed by atoms with Crippen molar-refractivity contribution in [1.29, 1.82) is 0 Å². The summed E-state index contributed by atoms with van der Waals surface area (Å²) in [6.45, 7) is 0.366. The first-order valence-corrected chi connectivity index (χ1v) is 6.75. The molecule has 0 radical (unpaired) electrons. The average molecular weight is 284 g/mol. The number of nitrogens with one attached hydrogen (secondary N) is 1. The van der Waals surface area contributed by atoms with Crippen LogP contribution in [0.2, 0.25) is 0 Å². The Morgan fingerprint density at radius 2 is 2.00 bits per heavy atom. The first-order chi connectivity index (χ1) is 8.79. The van der Waals surface area contributed by atoms with Crippen LogP contribution in [-0.4, -0.2) is 16.9 Å². The lowest BCUT2D eigenvalue weighted by molar-refractivity contribution is 0.0933. The molecule has 0 saturated heterocycles. The van der Waals surface area contributed by atoms with Gasteiger partial charge in [-0.25, -0.2) is 0 Å². The van der Waals surface area contributed by atoms with E-state index in [0.29, 0.717) is 18.2 Å². The zero-order valence-corrected chi connectivity index (χ0v) is 11.9. The summed E-state index contributed by atoms with van der Waals surface area (Å²) in [6.07, 6.45) is 8.86. The minimum Gasteiger partial charge on any atom is -0.349 e. The third-order valence-corrected chi connectivity index (χ3v) is 3.48. The summed E-state index contributed by atoms with van der Waals surface area (Å²) in [5.74, 6) is -0.000926. The predicted molar refractivity (Wildman–Crippen MR) is 78.3 cm³/mol. The van der Waals surface area contributed by atoms with Gasteiger partial charge in [0.1, 0.15) is 0 Å². The Morgan fingerprint density at radius 1 is 1.32 bits per heavy atom. The Morgan fingerprint density at radius 3 is 2.63 bits per heavy atom. The standard InChI is InChI=1S/C14H21N3O.ClH/c15-10-13-9-11(7-8-16-13)14(18)17-12-5-3-1-2-4-6-12;/h7-9,12H,1-6,10,15H2,(H,17,18);1H. The third-order valence-electron chi connectivity index (χ3n) is 3.48. The molecule has 0 aliphatic heterocycles. The van der Waals surface area contributed by atoms with Gasteiger partial charge in [0.05, 0.1) is 5.69 Å². The van der Waals surface area contributed by atoms with E-state index in [2.05, 4.69) is 10.3 Å². The van der Waals surface area contributed by atoms with E-state index in [9.17, 15) is 4.79 Å². The molecule has 1 saturated carbocycles. The molecule has 0 unspecified atom stereocenters. The SMILES string of the molecule is Cl.NCc1cc(C(=O)NC2CCCCCC2)ccn1. The summed E-state index contributed by atoms with van der Waals surface area (Å²) >= 11 is 0. The van der Waals surface area contributed by atoms with Gasteiger partial charge >= 0.3 is 0 Å². The van der Waals surface area contributed by atoms with Gasteiger partial charge in [-0.05, 0) is 25.0 Å². The zero-order chi connectivity index (χ0) is 12.8. The molecular formula is C14H22ClN3O. The quantitative estimate of drug-likeness (QED) is 0.837. The van der Waals surface area contributed by atoms with E-state index in [-0.39, 0.29) is 18.3 Å². The van der Waals surface area contributed by atoms with Crippen molar-refractivity contribution in [3.8, 4) is 0 Å². The van der Waals surface area contributed by atoms with Crippen molar-refractivity contribution in [3.05, 3.63) is 29.6 Å². The molecule has 0 spiro atoms. The fourth-order valence-corrected chi connectivity index (χ4v) is 2.42. The molecule has 1 aromatic rings. The zero-order valence-electron chi connectivity index (χ0n) is 11.1. The van der Waals surface area contributed by atoms with Gasteiger partial charge in [-0.3, -0.25) is 9.78 Å². The number of pyridine rings is 1. The number of nitrogens with two attached hydrogens (primary N) is 1. The van der Waals surface area contributed by atoms with E-state index in [1.165, 1.54) is 25.7 Å². The van der Waals surface area contributed by atoms with Crippen LogP contribution < -0.4 is 11.1 Å². The van der Waals surface area contributed by atoms with E-state index in [0.717, 1.165) is 18.5 Å². The first kappa shape index (κ1) is 15.9. The highest BCUT2D eigenvalue weighted by molar-refractivity contribution is 5.94. The highest BCUT2D eigenvalue weighted by Gasteiger charge is 2.15. The van der Waals surface area contributed by atoms with E-state index in [4.69, 9.17) is 5.73 Å². The number of nitrogens with zero attached hydrogens (tertiary/aromatic N) is 1. The molecule has 19 heavy (non-hydrogen) atoms. The van der Waals surface area contributed by atoms with Crippen molar-refractivity contribution in [3.63, 3.8) is 0 Å². The Bertz CT molecular complexity index is 403. The van der Waals surface area contributed by atoms with Crippen molar-refractivity contribution in [2.75, 3.05) is 0 Å². The van der Waals surface area contributed by atoms with Gasteiger partial charge in [-0.15, -0.1) is 12.4 Å². The van der Waals surface area contributed by atoms with Gasteiger partial charge in [0.2, 0.25) is 0 Å². The molecule has 0 aromatic carbocycles. The second-order valence-electron chi connectivity index (χ2n) is 4.90. The minimum atomic E-state index is -0.000926. The van der Waals surface area contributed by atoms with Gasteiger partial charge in [0.15, 0.2) is 0 Å². The Balaban J connectivity index is 0.00000180. The van der Waals surface area contributed by atoms with Crippen LogP contribution in [0.5, 0.6) is 0 Å². The number of carbonyl (C=O) groups excluding carboxylic acids is 1. The van der Waals surface area contributed by atoms with E-state index >= 15 is 0 Å². The minimum absolute atomic E-state index is 0. The van der Waals surface area contributed by atoms with Crippen LogP contribution in [0.25, 0.3) is 0 Å². The van der Waals surface area contributed by atoms with Gasteiger partial charge in [-0.2, -0.15) is 0 Å². The molecule has 0 atom stereocenters. The van der Waals surface area contributed by atoms with Gasteiger partial charge in [0.25, 0.3) is 5.91 Å². The van der Waals surface area contributed by atoms with Crippen LogP contribution >= 0.6 is 12.4 Å². The monoisotopic (exact) mass is 283 g/mol. The summed E-state index contributed by atoms with van der Waals surface area (Å²) in [6, 6.07) is 3.84. The summed E-state index contributed by atoms with van der Waals surface area (Å²) in [4.78, 5) is 16.2. The lowest BCUT2D eigenvalue weighted by atomic mass is 10.1. The lowest BCUT2D eigenvalue weighted by Gasteiger charge is -2.16. The Kier molecular flexibility index (Phi) is 6.81. The molecule has 106 valence electrons.